The predicted molar refractivity (Wildman–Crippen MR) is 105 cm³/mol. The van der Waals surface area contributed by atoms with Gasteiger partial charge in [0.05, 0.1) is 25.9 Å². The number of aliphatic hydroxyl groups excluding tert-OH is 3. The van der Waals surface area contributed by atoms with Crippen LogP contribution in [0.2, 0.25) is 0 Å². The second-order valence-electron chi connectivity index (χ2n) is 6.90. The molecule has 5 N–H and O–H groups in total. The number of rotatable bonds is 7. The van der Waals surface area contributed by atoms with Crippen LogP contribution in [-0.2, 0) is 11.3 Å². The Morgan fingerprint density at radius 2 is 1.93 bits per heavy atom. The molecular formula is C21H25NO8. The normalized spacial score (nSPS) is 23.6. The van der Waals surface area contributed by atoms with Gasteiger partial charge >= 0.3 is 0 Å². The summed E-state index contributed by atoms with van der Waals surface area (Å²) in [4.78, 5) is 12.7. The molecular weight excluding hydrogens is 394 g/mol. The number of ether oxygens (including phenoxy) is 3. The van der Waals surface area contributed by atoms with Crippen LogP contribution in [0.4, 0.5) is 0 Å². The number of carbonyl (C=O) groups excluding carboxylic acids is 1. The molecule has 162 valence electrons. The minimum atomic E-state index is -1.38. The smallest absolute Gasteiger partial charge is 0.259 e. The highest BCUT2D eigenvalue weighted by Crippen LogP contribution is 2.31. The standard InChI is InChI=1S/C21H25NO8/c1-28-13-7-5-12(6-8-13)10-22-20(27)18-15(24)3-2-4-17(18)30-21-19(26)16(25)9-14(11-23)29-21/h2-8,14,16,19,21,23-26H,9-11H2,1H3,(H,22,27). The lowest BCUT2D eigenvalue weighted by atomic mass is 10.0. The molecule has 1 fully saturated rings. The molecule has 9 nitrogen and oxygen atoms in total. The number of phenolic OH excluding ortho intramolecular Hbond substituents is 1. The molecule has 1 aliphatic heterocycles. The Balaban J connectivity index is 1.74. The van der Waals surface area contributed by atoms with Crippen molar-refractivity contribution in [3.63, 3.8) is 0 Å². The second-order valence-corrected chi connectivity index (χ2v) is 6.90. The van der Waals surface area contributed by atoms with Crippen molar-refractivity contribution in [1.82, 2.24) is 5.32 Å². The largest absolute Gasteiger partial charge is 0.507 e. The molecule has 2 aromatic carbocycles. The second kappa shape index (κ2) is 9.77. The van der Waals surface area contributed by atoms with Crippen LogP contribution in [0.5, 0.6) is 17.2 Å². The van der Waals surface area contributed by atoms with Gasteiger partial charge in [-0.05, 0) is 29.8 Å². The quantitative estimate of drug-likeness (QED) is 0.438. The van der Waals surface area contributed by atoms with Gasteiger partial charge in [-0.15, -0.1) is 0 Å². The topological polar surface area (TPSA) is 138 Å². The van der Waals surface area contributed by atoms with Crippen LogP contribution in [0.25, 0.3) is 0 Å². The Labute approximate surface area is 173 Å². The van der Waals surface area contributed by atoms with Crippen molar-refractivity contribution in [2.24, 2.45) is 0 Å². The van der Waals surface area contributed by atoms with E-state index in [-0.39, 0.29) is 36.6 Å². The van der Waals surface area contributed by atoms with Gasteiger partial charge in [-0.1, -0.05) is 18.2 Å². The first-order valence-electron chi connectivity index (χ1n) is 9.45. The summed E-state index contributed by atoms with van der Waals surface area (Å²) < 4.78 is 16.1. The number of carbonyl (C=O) groups is 1. The maximum atomic E-state index is 12.7. The van der Waals surface area contributed by atoms with Gasteiger partial charge in [0.25, 0.3) is 5.91 Å². The number of phenols is 1. The van der Waals surface area contributed by atoms with Gasteiger partial charge < -0.3 is 40.0 Å². The lowest BCUT2D eigenvalue weighted by Gasteiger charge is -2.36. The number of methoxy groups -OCH3 is 1. The fraction of sp³-hybridized carbons (Fsp3) is 0.381. The zero-order valence-electron chi connectivity index (χ0n) is 16.4. The lowest BCUT2D eigenvalue weighted by Crippen LogP contribution is -2.51. The average Bonchev–Trinajstić information content (AvgIpc) is 2.75. The first-order chi connectivity index (χ1) is 14.4. The highest BCUT2D eigenvalue weighted by Gasteiger charge is 2.38. The highest BCUT2D eigenvalue weighted by molar-refractivity contribution is 5.99. The lowest BCUT2D eigenvalue weighted by molar-refractivity contribution is -0.240. The van der Waals surface area contributed by atoms with E-state index in [1.165, 1.54) is 18.2 Å². The molecule has 1 heterocycles. The van der Waals surface area contributed by atoms with Crippen LogP contribution >= 0.6 is 0 Å². The Bertz CT molecular complexity index is 857. The molecule has 0 saturated carbocycles. The summed E-state index contributed by atoms with van der Waals surface area (Å²) in [5.74, 6) is -0.249. The van der Waals surface area contributed by atoms with Gasteiger partial charge in [0, 0.05) is 13.0 Å². The predicted octanol–water partition coefficient (Wildman–Crippen LogP) is 0.539. The Morgan fingerprint density at radius 1 is 1.20 bits per heavy atom. The molecule has 0 aromatic heterocycles. The first kappa shape index (κ1) is 21.8. The van der Waals surface area contributed by atoms with Gasteiger partial charge in [-0.25, -0.2) is 0 Å². The summed E-state index contributed by atoms with van der Waals surface area (Å²) in [7, 11) is 1.56. The summed E-state index contributed by atoms with van der Waals surface area (Å²) in [6.07, 6.45) is -4.54. The highest BCUT2D eigenvalue weighted by atomic mass is 16.7. The van der Waals surface area contributed by atoms with Gasteiger partial charge in [-0.2, -0.15) is 0 Å². The molecule has 9 heteroatoms. The van der Waals surface area contributed by atoms with Crippen LogP contribution in [0.15, 0.2) is 42.5 Å². The number of hydrogen-bond donors (Lipinski definition) is 5. The van der Waals surface area contributed by atoms with Crippen molar-refractivity contribution in [2.75, 3.05) is 13.7 Å². The van der Waals surface area contributed by atoms with Crippen molar-refractivity contribution in [3.05, 3.63) is 53.6 Å². The monoisotopic (exact) mass is 419 g/mol. The van der Waals surface area contributed by atoms with Crippen LogP contribution in [-0.4, -0.2) is 64.7 Å². The van der Waals surface area contributed by atoms with E-state index in [0.717, 1.165) is 5.56 Å². The van der Waals surface area contributed by atoms with Crippen molar-refractivity contribution in [1.29, 1.82) is 0 Å². The Kier molecular flexibility index (Phi) is 7.11. The van der Waals surface area contributed by atoms with Gasteiger partial charge in [0.15, 0.2) is 0 Å². The summed E-state index contributed by atoms with van der Waals surface area (Å²) in [6.45, 7) is -0.163. The molecule has 1 amide bonds. The van der Waals surface area contributed by atoms with Crippen molar-refractivity contribution in [3.8, 4) is 17.2 Å². The molecule has 4 unspecified atom stereocenters. The molecule has 3 rings (SSSR count). The van der Waals surface area contributed by atoms with Crippen LogP contribution in [0, 0.1) is 0 Å². The van der Waals surface area contributed by atoms with E-state index in [0.29, 0.717) is 5.75 Å². The van der Waals surface area contributed by atoms with E-state index in [9.17, 15) is 25.2 Å². The molecule has 2 aromatic rings. The van der Waals surface area contributed by atoms with E-state index in [1.807, 2.05) is 0 Å². The number of aliphatic hydroxyl groups is 3. The van der Waals surface area contributed by atoms with E-state index in [1.54, 1.807) is 31.4 Å². The van der Waals surface area contributed by atoms with Crippen LogP contribution in [0.1, 0.15) is 22.3 Å². The first-order valence-corrected chi connectivity index (χ1v) is 9.45. The summed E-state index contributed by atoms with van der Waals surface area (Å²) in [6, 6.07) is 11.4. The summed E-state index contributed by atoms with van der Waals surface area (Å²) >= 11 is 0. The maximum Gasteiger partial charge on any atom is 0.259 e. The van der Waals surface area contributed by atoms with Crippen LogP contribution < -0.4 is 14.8 Å². The molecule has 1 aliphatic rings. The average molecular weight is 419 g/mol. The number of benzene rings is 2. The SMILES string of the molecule is COc1ccc(CNC(=O)c2c(O)cccc2OC2OC(CO)CC(O)C2O)cc1. The Hall–Kier alpha value is -2.85. The zero-order valence-corrected chi connectivity index (χ0v) is 16.4. The van der Waals surface area contributed by atoms with Crippen molar-refractivity contribution in [2.45, 2.75) is 37.6 Å². The van der Waals surface area contributed by atoms with Crippen LogP contribution in [0.3, 0.4) is 0 Å². The van der Waals surface area contributed by atoms with Gasteiger partial charge in [-0.3, -0.25) is 4.79 Å². The number of aromatic hydroxyl groups is 1. The van der Waals surface area contributed by atoms with E-state index >= 15 is 0 Å². The third kappa shape index (κ3) is 5.00. The molecule has 30 heavy (non-hydrogen) atoms. The number of hydrogen-bond acceptors (Lipinski definition) is 8. The van der Waals surface area contributed by atoms with E-state index in [4.69, 9.17) is 14.2 Å². The summed E-state index contributed by atoms with van der Waals surface area (Å²) in [5, 5.41) is 42.3. The fourth-order valence-corrected chi connectivity index (χ4v) is 3.12. The van der Waals surface area contributed by atoms with E-state index < -0.39 is 30.5 Å². The van der Waals surface area contributed by atoms with Gasteiger partial charge in [0.2, 0.25) is 6.29 Å². The van der Waals surface area contributed by atoms with E-state index in [2.05, 4.69) is 5.32 Å². The number of amides is 1. The molecule has 0 radical (unpaired) electrons. The molecule has 4 atom stereocenters. The van der Waals surface area contributed by atoms with Crippen molar-refractivity contribution < 1.29 is 39.4 Å². The summed E-state index contributed by atoms with van der Waals surface area (Å²) in [5.41, 5.74) is 0.685. The molecule has 1 saturated heterocycles. The third-order valence-electron chi connectivity index (χ3n) is 4.79. The maximum absolute atomic E-state index is 12.7. The zero-order chi connectivity index (χ0) is 21.7. The van der Waals surface area contributed by atoms with Gasteiger partial charge in [0.1, 0.15) is 28.9 Å². The minimum Gasteiger partial charge on any atom is -0.507 e. The Morgan fingerprint density at radius 3 is 2.60 bits per heavy atom. The molecule has 0 bridgehead atoms. The molecule has 0 spiro atoms. The fourth-order valence-electron chi connectivity index (χ4n) is 3.12. The molecule has 0 aliphatic carbocycles. The third-order valence-corrected chi connectivity index (χ3v) is 4.79. The number of nitrogens with one attached hydrogen (secondary N) is 1. The minimum absolute atomic E-state index is 0.0305. The van der Waals surface area contributed by atoms with Crippen molar-refractivity contribution >= 4 is 5.91 Å².